The van der Waals surface area contributed by atoms with Crippen LogP contribution in [-0.2, 0) is 0 Å². The first-order chi connectivity index (χ1) is 6.81. The smallest absolute Gasteiger partial charge is 0.0834 e. The van der Waals surface area contributed by atoms with Crippen LogP contribution >= 0.6 is 27.3 Å². The van der Waals surface area contributed by atoms with Gasteiger partial charge in [0.25, 0.3) is 0 Å². The average Bonchev–Trinajstić information content (AvgIpc) is 2.65. The Morgan fingerprint density at radius 1 is 1.43 bits per heavy atom. The van der Waals surface area contributed by atoms with Crippen LogP contribution < -0.4 is 11.3 Å². The topological polar surface area (TPSA) is 50.9 Å². The Balaban J connectivity index is 2.47. The van der Waals surface area contributed by atoms with Gasteiger partial charge in [0, 0.05) is 10.7 Å². The quantitative estimate of drug-likeness (QED) is 0.651. The summed E-state index contributed by atoms with van der Waals surface area (Å²) in [5.74, 6) is 5.32. The molecule has 5 heteroatoms. The van der Waals surface area contributed by atoms with Gasteiger partial charge in [0.1, 0.15) is 0 Å². The second-order valence-electron chi connectivity index (χ2n) is 2.67. The Morgan fingerprint density at radius 2 is 2.29 bits per heavy atom. The minimum absolute atomic E-state index is 0.857. The molecule has 0 saturated carbocycles. The van der Waals surface area contributed by atoms with Crippen LogP contribution in [0.3, 0.4) is 0 Å². The molecular formula is C9H8BrN3S. The van der Waals surface area contributed by atoms with Gasteiger partial charge in [-0.05, 0) is 39.5 Å². The van der Waals surface area contributed by atoms with Crippen LogP contribution in [0, 0.1) is 0 Å². The molecule has 0 aliphatic heterocycles. The molecule has 0 spiro atoms. The number of halogens is 1. The molecule has 3 nitrogen and oxygen atoms in total. The van der Waals surface area contributed by atoms with Gasteiger partial charge in [-0.2, -0.15) is 0 Å². The minimum Gasteiger partial charge on any atom is -0.324 e. The van der Waals surface area contributed by atoms with Gasteiger partial charge >= 0.3 is 0 Å². The van der Waals surface area contributed by atoms with E-state index in [1.165, 1.54) is 0 Å². The lowest BCUT2D eigenvalue weighted by atomic mass is 10.3. The van der Waals surface area contributed by atoms with Gasteiger partial charge in [-0.1, -0.05) is 0 Å². The van der Waals surface area contributed by atoms with Gasteiger partial charge in [-0.3, -0.25) is 10.8 Å². The van der Waals surface area contributed by atoms with Crippen molar-refractivity contribution in [3.8, 4) is 10.6 Å². The van der Waals surface area contributed by atoms with E-state index in [-0.39, 0.29) is 0 Å². The number of anilines is 1. The third kappa shape index (κ3) is 1.79. The third-order valence-electron chi connectivity index (χ3n) is 1.78. The zero-order valence-electron chi connectivity index (χ0n) is 7.20. The summed E-state index contributed by atoms with van der Waals surface area (Å²) < 4.78 is 1.06. The Labute approximate surface area is 94.1 Å². The van der Waals surface area contributed by atoms with E-state index >= 15 is 0 Å². The van der Waals surface area contributed by atoms with Crippen molar-refractivity contribution in [3.05, 3.63) is 34.2 Å². The Kier molecular flexibility index (Phi) is 2.81. The minimum atomic E-state index is 0.857. The van der Waals surface area contributed by atoms with Crippen molar-refractivity contribution in [2.24, 2.45) is 5.84 Å². The molecule has 0 fully saturated rings. The number of hydrazine groups is 1. The van der Waals surface area contributed by atoms with E-state index in [1.807, 2.05) is 23.6 Å². The van der Waals surface area contributed by atoms with Gasteiger partial charge in [0.05, 0.1) is 16.3 Å². The van der Waals surface area contributed by atoms with Crippen molar-refractivity contribution in [3.63, 3.8) is 0 Å². The first kappa shape index (κ1) is 9.64. The second kappa shape index (κ2) is 4.08. The van der Waals surface area contributed by atoms with E-state index in [0.29, 0.717) is 0 Å². The van der Waals surface area contributed by atoms with E-state index < -0.39 is 0 Å². The number of aromatic nitrogens is 1. The number of thiophene rings is 1. The van der Waals surface area contributed by atoms with Gasteiger partial charge in [-0.15, -0.1) is 11.3 Å². The number of hydrogen-bond donors (Lipinski definition) is 2. The zero-order valence-corrected chi connectivity index (χ0v) is 9.60. The summed E-state index contributed by atoms with van der Waals surface area (Å²) in [7, 11) is 0. The van der Waals surface area contributed by atoms with Crippen LogP contribution in [0.1, 0.15) is 0 Å². The summed E-state index contributed by atoms with van der Waals surface area (Å²) in [6.45, 7) is 0. The lowest BCUT2D eigenvalue weighted by molar-refractivity contribution is 1.29. The maximum absolute atomic E-state index is 5.32. The summed E-state index contributed by atoms with van der Waals surface area (Å²) in [5, 5.41) is 2.02. The van der Waals surface area contributed by atoms with Crippen LogP contribution in [-0.4, -0.2) is 4.98 Å². The molecule has 0 aromatic carbocycles. The first-order valence-electron chi connectivity index (χ1n) is 3.97. The summed E-state index contributed by atoms with van der Waals surface area (Å²) in [5.41, 5.74) is 4.37. The zero-order chi connectivity index (χ0) is 9.97. The predicted octanol–water partition coefficient (Wildman–Crippen LogP) is 2.86. The standard InChI is InChI=1S/C9H8BrN3S/c10-7-2-4-14-9(7)8-5-6(13-11)1-3-12-8/h1-5H,11H2,(H,12,13). The number of nitrogens with two attached hydrogens (primary N) is 1. The number of nitrogen functional groups attached to an aromatic ring is 1. The summed E-state index contributed by atoms with van der Waals surface area (Å²) in [6, 6.07) is 5.74. The molecule has 0 unspecified atom stereocenters. The van der Waals surface area contributed by atoms with Gasteiger partial charge in [-0.25, -0.2) is 0 Å². The van der Waals surface area contributed by atoms with E-state index in [0.717, 1.165) is 20.7 Å². The van der Waals surface area contributed by atoms with Gasteiger partial charge in [0.15, 0.2) is 0 Å². The maximum atomic E-state index is 5.32. The molecule has 2 rings (SSSR count). The van der Waals surface area contributed by atoms with E-state index in [2.05, 4.69) is 26.3 Å². The Morgan fingerprint density at radius 3 is 2.93 bits per heavy atom. The molecule has 0 aliphatic carbocycles. The van der Waals surface area contributed by atoms with Crippen molar-refractivity contribution < 1.29 is 0 Å². The number of hydrogen-bond acceptors (Lipinski definition) is 4. The fourth-order valence-electron chi connectivity index (χ4n) is 1.12. The molecule has 2 aromatic heterocycles. The van der Waals surface area contributed by atoms with Crippen molar-refractivity contribution in [2.75, 3.05) is 5.43 Å². The highest BCUT2D eigenvalue weighted by Gasteiger charge is 2.05. The summed E-state index contributed by atoms with van der Waals surface area (Å²) in [4.78, 5) is 5.39. The molecule has 0 atom stereocenters. The number of rotatable bonds is 2. The maximum Gasteiger partial charge on any atom is 0.0834 e. The van der Waals surface area contributed by atoms with Crippen LogP contribution in [0.2, 0.25) is 0 Å². The number of nitrogens with one attached hydrogen (secondary N) is 1. The van der Waals surface area contributed by atoms with Crippen LogP contribution in [0.4, 0.5) is 5.69 Å². The summed E-state index contributed by atoms with van der Waals surface area (Å²) >= 11 is 5.11. The van der Waals surface area contributed by atoms with E-state index in [9.17, 15) is 0 Å². The Bertz CT molecular complexity index is 441. The second-order valence-corrected chi connectivity index (χ2v) is 4.44. The highest BCUT2D eigenvalue weighted by atomic mass is 79.9. The normalized spacial score (nSPS) is 10.1. The van der Waals surface area contributed by atoms with Crippen molar-refractivity contribution in [1.29, 1.82) is 0 Å². The molecule has 14 heavy (non-hydrogen) atoms. The van der Waals surface area contributed by atoms with Gasteiger partial charge < -0.3 is 5.43 Å². The molecular weight excluding hydrogens is 262 g/mol. The van der Waals surface area contributed by atoms with Crippen molar-refractivity contribution in [2.45, 2.75) is 0 Å². The number of nitrogens with zero attached hydrogens (tertiary/aromatic N) is 1. The van der Waals surface area contributed by atoms with E-state index in [1.54, 1.807) is 17.5 Å². The summed E-state index contributed by atoms with van der Waals surface area (Å²) in [6.07, 6.45) is 1.73. The lowest BCUT2D eigenvalue weighted by Crippen LogP contribution is -2.06. The van der Waals surface area contributed by atoms with Crippen molar-refractivity contribution >= 4 is 33.0 Å². The lowest BCUT2D eigenvalue weighted by Gasteiger charge is -2.02. The predicted molar refractivity (Wildman–Crippen MR) is 63.1 cm³/mol. The molecule has 0 bridgehead atoms. The first-order valence-corrected chi connectivity index (χ1v) is 5.64. The Hall–Kier alpha value is -0.910. The monoisotopic (exact) mass is 269 g/mol. The molecule has 0 saturated heterocycles. The van der Waals surface area contributed by atoms with Gasteiger partial charge in [0.2, 0.25) is 0 Å². The SMILES string of the molecule is NNc1ccnc(-c2sccc2Br)c1. The largest absolute Gasteiger partial charge is 0.324 e. The average molecular weight is 270 g/mol. The molecule has 72 valence electrons. The highest BCUT2D eigenvalue weighted by Crippen LogP contribution is 2.32. The highest BCUT2D eigenvalue weighted by molar-refractivity contribution is 9.10. The van der Waals surface area contributed by atoms with Crippen LogP contribution in [0.5, 0.6) is 0 Å². The molecule has 0 amide bonds. The van der Waals surface area contributed by atoms with E-state index in [4.69, 9.17) is 5.84 Å². The fraction of sp³-hybridized carbons (Fsp3) is 0. The van der Waals surface area contributed by atoms with Crippen molar-refractivity contribution in [1.82, 2.24) is 4.98 Å². The van der Waals surface area contributed by atoms with Crippen LogP contribution in [0.15, 0.2) is 34.2 Å². The number of pyridine rings is 1. The molecule has 0 aliphatic rings. The van der Waals surface area contributed by atoms with Crippen LogP contribution in [0.25, 0.3) is 10.6 Å². The molecule has 2 heterocycles. The molecule has 2 aromatic rings. The fourth-order valence-corrected chi connectivity index (χ4v) is 2.66. The molecule has 0 radical (unpaired) electrons. The third-order valence-corrected chi connectivity index (χ3v) is 3.64. The molecule has 3 N–H and O–H groups in total.